The van der Waals surface area contributed by atoms with Gasteiger partial charge in [0, 0.05) is 30.9 Å². The Labute approximate surface area is 410 Å². The van der Waals surface area contributed by atoms with Gasteiger partial charge in [0.2, 0.25) is 11.8 Å². The van der Waals surface area contributed by atoms with E-state index < -0.39 is 39.4 Å². The molecule has 4 aromatic rings. The van der Waals surface area contributed by atoms with Crippen LogP contribution in [0.4, 0.5) is 34.7 Å². The summed E-state index contributed by atoms with van der Waals surface area (Å²) >= 11 is 0. The maximum absolute atomic E-state index is 13.9. The Morgan fingerprint density at radius 3 is 1.65 bits per heavy atom. The number of hydrogen-bond donors (Lipinski definition) is 3. The lowest BCUT2D eigenvalue weighted by Gasteiger charge is -2.41. The third-order valence-corrected chi connectivity index (χ3v) is 15.2. The fourth-order valence-corrected chi connectivity index (χ4v) is 11.1. The number of carbonyl (C=O) groups excluding carboxylic acids is 4. The Morgan fingerprint density at radius 1 is 0.662 bits per heavy atom. The summed E-state index contributed by atoms with van der Waals surface area (Å²) < 4.78 is 79.1. The molecular formula is C51H61F5N8O6S. The van der Waals surface area contributed by atoms with Crippen molar-refractivity contribution in [1.82, 2.24) is 30.4 Å². The Balaban J connectivity index is 1.01. The van der Waals surface area contributed by atoms with Gasteiger partial charge in [-0.25, -0.2) is 14.6 Å². The smallest absolute Gasteiger partial charge is 0.407 e. The summed E-state index contributed by atoms with van der Waals surface area (Å²) in [5.74, 6) is -0.155. The molecule has 0 saturated carbocycles. The molecule has 14 nitrogen and oxygen atoms in total. The number of imidazole rings is 1. The highest BCUT2D eigenvalue weighted by Crippen LogP contribution is 3.02. The van der Waals surface area contributed by atoms with Crippen molar-refractivity contribution < 1.29 is 48.1 Å². The van der Waals surface area contributed by atoms with Crippen molar-refractivity contribution in [3.8, 4) is 11.3 Å². The fourth-order valence-electron chi connectivity index (χ4n) is 10.4. The Bertz CT molecular complexity index is 2700. The molecule has 5 heterocycles. The molecule has 0 spiro atoms. The SMILES string of the molecule is COC(=O)N[C@H](C(=O)N1CCC[C@H]1C1=NC(c2ccc([C@@H]3CC[C@@H](c4ccc(-c5cnc([C@@H]6CCCN6C(=O)[C@@H](NC(=O)OC)C(C)C)[nH]5)cc4)N3c3ccc(S(F)(F)(F)(F)F)cc3)cc2)=CC1)C(C)C. The largest absolute Gasteiger partial charge is 0.453 e. The number of aromatic nitrogens is 2. The van der Waals surface area contributed by atoms with E-state index in [1.807, 2.05) is 87.2 Å². The molecule has 4 aliphatic rings. The van der Waals surface area contributed by atoms with E-state index >= 15 is 0 Å². The van der Waals surface area contributed by atoms with Crippen molar-refractivity contribution in [2.75, 3.05) is 32.2 Å². The van der Waals surface area contributed by atoms with Gasteiger partial charge in [-0.2, -0.15) is 0 Å². The zero-order chi connectivity index (χ0) is 51.1. The average Bonchev–Trinajstić information content (AvgIpc) is 4.21. The molecule has 3 aromatic carbocycles. The first-order chi connectivity index (χ1) is 33.5. The van der Waals surface area contributed by atoms with Gasteiger partial charge in [-0.05, 0) is 96.9 Å². The number of methoxy groups -OCH3 is 2. The van der Waals surface area contributed by atoms with E-state index in [1.54, 1.807) is 16.0 Å². The normalized spacial score (nSPS) is 22.2. The van der Waals surface area contributed by atoms with Crippen LogP contribution in [0, 0.1) is 11.8 Å². The van der Waals surface area contributed by atoms with Crippen LogP contribution in [-0.2, 0) is 19.1 Å². The number of carbonyl (C=O) groups is 4. The molecule has 3 N–H and O–H groups in total. The molecule has 4 aliphatic heterocycles. The number of halogens is 5. The molecule has 0 bridgehead atoms. The van der Waals surface area contributed by atoms with E-state index in [9.17, 15) is 38.6 Å². The van der Waals surface area contributed by atoms with Crippen molar-refractivity contribution in [3.63, 3.8) is 0 Å². The number of alkyl carbamates (subject to hydrolysis) is 2. The Morgan fingerprint density at radius 2 is 1.15 bits per heavy atom. The number of nitrogens with zero attached hydrogens (tertiary/aromatic N) is 5. The number of rotatable bonds is 14. The minimum Gasteiger partial charge on any atom is -0.453 e. The van der Waals surface area contributed by atoms with Crippen molar-refractivity contribution in [2.45, 2.75) is 114 Å². The molecule has 4 amide bonds. The number of ether oxygens (including phenoxy) is 2. The average molecular weight is 1010 g/mol. The molecule has 1 aromatic heterocycles. The van der Waals surface area contributed by atoms with Crippen LogP contribution in [0.5, 0.6) is 0 Å². The molecule has 8 rings (SSSR count). The lowest BCUT2D eigenvalue weighted by atomic mass is 10.0. The predicted octanol–water partition coefficient (Wildman–Crippen LogP) is 11.4. The number of benzene rings is 3. The number of amides is 4. The van der Waals surface area contributed by atoms with Gasteiger partial charge in [0.1, 0.15) is 22.8 Å². The standard InChI is InChI=1S/C51H61F5N8O6S/c1-30(2)45(60-50(67)69-5)48(65)62-27-7-9-43(62)39-24-23-38(58-39)32-11-15-34(16-12-32)41-25-26-42(64(41)36-19-21-37(22-20-36)71(52,53,54,55)56)35-17-13-33(14-18-35)40-29-57-47(59-40)44-10-8-28-63(44)49(66)46(31(3)4)61-51(68)70-6/h11-23,29-31,41-46H,7-10,24-28H2,1-6H3,(H,57,59)(H,60,67)(H,61,68)/t41-,42-,43-,44-,45-,46-/m0/s1. The molecule has 20 heteroatoms. The van der Waals surface area contributed by atoms with E-state index in [2.05, 4.69) is 20.6 Å². The zero-order valence-electron chi connectivity index (χ0n) is 40.5. The summed E-state index contributed by atoms with van der Waals surface area (Å²) in [7, 11) is -7.43. The molecule has 71 heavy (non-hydrogen) atoms. The van der Waals surface area contributed by atoms with E-state index in [-0.39, 0.29) is 47.8 Å². The molecule has 0 unspecified atom stereocenters. The predicted molar refractivity (Wildman–Crippen MR) is 262 cm³/mol. The van der Waals surface area contributed by atoms with Crippen molar-refractivity contribution in [3.05, 3.63) is 108 Å². The van der Waals surface area contributed by atoms with Gasteiger partial charge in [-0.15, -0.1) is 0 Å². The second kappa shape index (κ2) is 19.3. The Kier molecular flexibility index (Phi) is 13.8. The van der Waals surface area contributed by atoms with Gasteiger partial charge in [-0.3, -0.25) is 14.6 Å². The molecule has 6 atom stereocenters. The number of likely N-dealkylation sites (tertiary alicyclic amines) is 2. The van der Waals surface area contributed by atoms with Crippen LogP contribution in [0.3, 0.4) is 0 Å². The van der Waals surface area contributed by atoms with Crippen LogP contribution >= 0.6 is 10.2 Å². The molecule has 382 valence electrons. The topological polar surface area (TPSA) is 162 Å². The third-order valence-electron chi connectivity index (χ3n) is 14.1. The number of hydrogen-bond acceptors (Lipinski definition) is 9. The lowest BCUT2D eigenvalue weighted by Crippen LogP contribution is -2.53. The minimum atomic E-state index is -9.94. The highest BCUT2D eigenvalue weighted by Gasteiger charge is 2.65. The van der Waals surface area contributed by atoms with Crippen LogP contribution < -0.4 is 15.5 Å². The minimum absolute atomic E-state index is 0.168. The highest BCUT2D eigenvalue weighted by molar-refractivity contribution is 8.45. The fraction of sp³-hybridized carbons (Fsp3) is 0.451. The number of nitrogens with one attached hydrogen (secondary N) is 3. The molecule has 3 saturated heterocycles. The molecule has 3 fully saturated rings. The van der Waals surface area contributed by atoms with Gasteiger partial charge in [0.15, 0.2) is 0 Å². The van der Waals surface area contributed by atoms with Crippen molar-refractivity contribution in [1.29, 1.82) is 0 Å². The van der Waals surface area contributed by atoms with E-state index in [0.29, 0.717) is 68.1 Å². The van der Waals surface area contributed by atoms with Gasteiger partial charge in [0.05, 0.1) is 56.0 Å². The van der Waals surface area contributed by atoms with Crippen molar-refractivity contribution >= 4 is 51.3 Å². The maximum atomic E-state index is 13.9. The van der Waals surface area contributed by atoms with E-state index in [1.165, 1.54) is 14.2 Å². The first-order valence-electron chi connectivity index (χ1n) is 24.0. The lowest BCUT2D eigenvalue weighted by molar-refractivity contribution is -0.135. The highest BCUT2D eigenvalue weighted by atomic mass is 32.5. The first kappa shape index (κ1) is 50.9. The summed E-state index contributed by atoms with van der Waals surface area (Å²) in [6, 6.07) is 15.9. The number of allylic oxidation sites excluding steroid dienone is 1. The monoisotopic (exact) mass is 1010 g/mol. The van der Waals surface area contributed by atoms with Gasteiger partial charge >= 0.3 is 22.4 Å². The second-order valence-corrected chi connectivity index (χ2v) is 21.8. The zero-order valence-corrected chi connectivity index (χ0v) is 41.4. The second-order valence-electron chi connectivity index (χ2n) is 19.4. The van der Waals surface area contributed by atoms with Crippen LogP contribution in [0.2, 0.25) is 0 Å². The summed E-state index contributed by atoms with van der Waals surface area (Å²) in [5.41, 5.74) is 6.07. The molecular weight excluding hydrogens is 948 g/mol. The van der Waals surface area contributed by atoms with E-state index in [0.717, 1.165) is 65.1 Å². The van der Waals surface area contributed by atoms with Gasteiger partial charge < -0.3 is 39.8 Å². The van der Waals surface area contributed by atoms with Crippen LogP contribution in [0.1, 0.15) is 113 Å². The number of aromatic amines is 1. The Hall–Kier alpha value is -6.44. The maximum Gasteiger partial charge on any atom is 0.407 e. The molecule has 0 aliphatic carbocycles. The van der Waals surface area contributed by atoms with E-state index in [4.69, 9.17) is 14.5 Å². The summed E-state index contributed by atoms with van der Waals surface area (Å²) in [6.07, 6.45) is 7.10. The number of aliphatic imine (C=N–C) groups is 1. The quantitative estimate of drug-likeness (QED) is 0.105. The van der Waals surface area contributed by atoms with Crippen LogP contribution in [-0.4, -0.2) is 94.9 Å². The summed E-state index contributed by atoms with van der Waals surface area (Å²) in [6.45, 7) is 8.47. The van der Waals surface area contributed by atoms with Crippen molar-refractivity contribution in [2.24, 2.45) is 16.8 Å². The van der Waals surface area contributed by atoms with Crippen LogP contribution in [0.15, 0.2) is 95.0 Å². The number of H-pyrrole nitrogens is 1. The van der Waals surface area contributed by atoms with Gasteiger partial charge in [0.25, 0.3) is 0 Å². The summed E-state index contributed by atoms with van der Waals surface area (Å²) in [4.78, 5) is 68.2. The summed E-state index contributed by atoms with van der Waals surface area (Å²) in [5, 5.41) is 5.34. The third kappa shape index (κ3) is 10.9. The number of anilines is 1. The van der Waals surface area contributed by atoms with Crippen LogP contribution in [0.25, 0.3) is 17.0 Å². The van der Waals surface area contributed by atoms with Gasteiger partial charge in [-0.1, -0.05) is 102 Å². The molecule has 0 radical (unpaired) electrons. The first-order valence-corrected chi connectivity index (χ1v) is 26.0.